The van der Waals surface area contributed by atoms with E-state index in [9.17, 15) is 9.59 Å². The quantitative estimate of drug-likeness (QED) is 0.839. The van der Waals surface area contributed by atoms with Gasteiger partial charge in [-0.05, 0) is 12.1 Å². The van der Waals surface area contributed by atoms with Gasteiger partial charge in [0.2, 0.25) is 0 Å². The van der Waals surface area contributed by atoms with Crippen molar-refractivity contribution < 1.29 is 23.8 Å². The molecule has 9 heteroatoms. The van der Waals surface area contributed by atoms with E-state index >= 15 is 0 Å². The van der Waals surface area contributed by atoms with Crippen LogP contribution in [0.25, 0.3) is 10.9 Å². The second kappa shape index (κ2) is 6.50. The number of esters is 2. The number of nitrogens with one attached hydrogen (secondary N) is 1. The van der Waals surface area contributed by atoms with Gasteiger partial charge in [0.25, 0.3) is 0 Å². The van der Waals surface area contributed by atoms with E-state index in [1.807, 2.05) is 0 Å². The first-order valence-electron chi connectivity index (χ1n) is 6.96. The molecule has 0 radical (unpaired) electrons. The van der Waals surface area contributed by atoms with E-state index in [4.69, 9.17) is 25.8 Å². The van der Waals surface area contributed by atoms with Gasteiger partial charge in [-0.25, -0.2) is 9.59 Å². The summed E-state index contributed by atoms with van der Waals surface area (Å²) in [6, 6.07) is 5.30. The number of ether oxygens (including phenoxy) is 3. The molecule has 126 valence electrons. The summed E-state index contributed by atoms with van der Waals surface area (Å²) < 4.78 is 15.0. The van der Waals surface area contributed by atoms with Crippen molar-refractivity contribution >= 4 is 40.1 Å². The Morgan fingerprint density at radius 2 is 2.04 bits per heavy atom. The summed E-state index contributed by atoms with van der Waals surface area (Å²) in [6.07, 6.45) is 0. The average Bonchev–Trinajstić information content (AvgIpc) is 3.01. The topological polar surface area (TPSA) is 93.8 Å². The summed E-state index contributed by atoms with van der Waals surface area (Å²) in [5, 5.41) is 7.90. The van der Waals surface area contributed by atoms with Crippen molar-refractivity contribution in [3.8, 4) is 0 Å². The number of aromatic nitrogens is 2. The fourth-order valence-electron chi connectivity index (χ4n) is 2.54. The van der Waals surface area contributed by atoms with Gasteiger partial charge in [0, 0.05) is 5.39 Å². The third kappa shape index (κ3) is 2.59. The minimum atomic E-state index is -0.669. The maximum absolute atomic E-state index is 12.3. The molecule has 2 heterocycles. The molecule has 0 aliphatic carbocycles. The number of rotatable bonds is 3. The van der Waals surface area contributed by atoms with Crippen LogP contribution in [-0.4, -0.2) is 49.7 Å². The lowest BCUT2D eigenvalue weighted by Gasteiger charge is -2.31. The minimum absolute atomic E-state index is 0.0501. The number of aromatic amines is 1. The zero-order valence-corrected chi connectivity index (χ0v) is 13.7. The van der Waals surface area contributed by atoms with Gasteiger partial charge in [-0.15, -0.1) is 0 Å². The maximum Gasteiger partial charge on any atom is 0.355 e. The van der Waals surface area contributed by atoms with Crippen LogP contribution in [0.5, 0.6) is 0 Å². The number of anilines is 1. The lowest BCUT2D eigenvalue weighted by atomic mass is 10.1. The van der Waals surface area contributed by atoms with E-state index in [0.717, 1.165) is 0 Å². The highest BCUT2D eigenvalue weighted by Gasteiger charge is 2.33. The molecule has 0 fully saturated rings. The van der Waals surface area contributed by atoms with Crippen LogP contribution < -0.4 is 4.90 Å². The smallest absolute Gasteiger partial charge is 0.355 e. The lowest BCUT2D eigenvalue weighted by molar-refractivity contribution is -0.140. The maximum atomic E-state index is 12.3. The number of fused-ring (bicyclic) bond motifs is 1. The van der Waals surface area contributed by atoms with E-state index < -0.39 is 11.9 Å². The number of H-pyrrole nitrogens is 1. The first-order chi connectivity index (χ1) is 11.6. The van der Waals surface area contributed by atoms with E-state index in [2.05, 4.69) is 10.2 Å². The van der Waals surface area contributed by atoms with Crippen LogP contribution in [-0.2, 0) is 23.8 Å². The van der Waals surface area contributed by atoms with Crippen molar-refractivity contribution in [2.45, 2.75) is 0 Å². The summed E-state index contributed by atoms with van der Waals surface area (Å²) in [5.74, 6) is -1.33. The van der Waals surface area contributed by atoms with E-state index in [-0.39, 0.29) is 24.6 Å². The molecule has 0 unspecified atom stereocenters. The Balaban J connectivity index is 2.20. The Bertz CT molecular complexity index is 845. The molecule has 0 amide bonds. The zero-order valence-electron chi connectivity index (χ0n) is 13.0. The molecular weight excluding hydrogens is 338 g/mol. The van der Waals surface area contributed by atoms with Crippen molar-refractivity contribution in [3.05, 3.63) is 34.6 Å². The zero-order chi connectivity index (χ0) is 17.3. The molecular formula is C15H14ClN3O5. The normalized spacial score (nSPS) is 14.9. The number of benzene rings is 1. The predicted molar refractivity (Wildman–Crippen MR) is 85.5 cm³/mol. The summed E-state index contributed by atoms with van der Waals surface area (Å²) in [5.41, 5.74) is 1.23. The molecule has 1 N–H and O–H groups in total. The van der Waals surface area contributed by atoms with Crippen molar-refractivity contribution in [1.82, 2.24) is 10.2 Å². The predicted octanol–water partition coefficient (Wildman–Crippen LogP) is 1.61. The van der Waals surface area contributed by atoms with Gasteiger partial charge in [0.15, 0.2) is 0 Å². The molecule has 24 heavy (non-hydrogen) atoms. The van der Waals surface area contributed by atoms with Crippen molar-refractivity contribution in [2.24, 2.45) is 0 Å². The number of hydrogen-bond acceptors (Lipinski definition) is 7. The summed E-state index contributed by atoms with van der Waals surface area (Å²) in [7, 11) is 2.47. The van der Waals surface area contributed by atoms with Gasteiger partial charge >= 0.3 is 11.9 Å². The SMILES string of the molecule is COC(=O)C1=C(C(=O)OC)N(c2cccc3c(Cl)[nH]nc23)COC1. The van der Waals surface area contributed by atoms with Crippen LogP contribution in [0.15, 0.2) is 29.5 Å². The molecule has 3 rings (SSSR count). The fourth-order valence-corrected chi connectivity index (χ4v) is 2.74. The summed E-state index contributed by atoms with van der Waals surface area (Å²) in [4.78, 5) is 25.8. The Hall–Kier alpha value is -2.58. The number of nitrogens with zero attached hydrogens (tertiary/aromatic N) is 2. The Morgan fingerprint density at radius 3 is 2.75 bits per heavy atom. The third-order valence-electron chi connectivity index (χ3n) is 3.64. The molecule has 1 aliphatic rings. The van der Waals surface area contributed by atoms with Gasteiger partial charge in [0.05, 0.1) is 32.1 Å². The fraction of sp³-hybridized carbons (Fsp3) is 0.267. The van der Waals surface area contributed by atoms with E-state index in [0.29, 0.717) is 21.7 Å². The van der Waals surface area contributed by atoms with Crippen LogP contribution in [0.2, 0.25) is 5.15 Å². The number of halogens is 1. The van der Waals surface area contributed by atoms with Gasteiger partial charge in [-0.1, -0.05) is 17.7 Å². The lowest BCUT2D eigenvalue weighted by Crippen LogP contribution is -2.38. The third-order valence-corrected chi connectivity index (χ3v) is 3.93. The highest BCUT2D eigenvalue weighted by atomic mass is 35.5. The van der Waals surface area contributed by atoms with Gasteiger partial charge in [0.1, 0.15) is 23.1 Å². The summed E-state index contributed by atoms with van der Waals surface area (Å²) >= 11 is 6.07. The second-order valence-corrected chi connectivity index (χ2v) is 5.30. The standard InChI is InChI=1S/C15H14ClN3O5/c1-22-14(20)9-6-24-7-19(12(9)15(21)23-2)10-5-3-4-8-11(10)17-18-13(8)16/h3-5H,6-7H2,1-2H3,(H,17,18). The van der Waals surface area contributed by atoms with Crippen molar-refractivity contribution in [3.63, 3.8) is 0 Å². The number of carbonyl (C=O) groups is 2. The van der Waals surface area contributed by atoms with Crippen LogP contribution in [0.4, 0.5) is 5.69 Å². The number of hydrogen-bond donors (Lipinski definition) is 1. The molecule has 0 saturated heterocycles. The Morgan fingerprint density at radius 1 is 1.29 bits per heavy atom. The van der Waals surface area contributed by atoms with Gasteiger partial charge < -0.3 is 19.1 Å². The first kappa shape index (κ1) is 16.3. The number of para-hydroxylation sites is 1. The van der Waals surface area contributed by atoms with Gasteiger partial charge in [-0.3, -0.25) is 5.10 Å². The molecule has 1 aromatic carbocycles. The number of carbonyl (C=O) groups excluding carboxylic acids is 2. The van der Waals surface area contributed by atoms with Crippen molar-refractivity contribution in [1.29, 1.82) is 0 Å². The Kier molecular flexibility index (Phi) is 4.41. The molecule has 2 aromatic rings. The van der Waals surface area contributed by atoms with Crippen LogP contribution in [0, 0.1) is 0 Å². The Labute approximate surface area is 141 Å². The molecule has 0 saturated carbocycles. The van der Waals surface area contributed by atoms with E-state index in [1.165, 1.54) is 19.1 Å². The van der Waals surface area contributed by atoms with Crippen molar-refractivity contribution in [2.75, 3.05) is 32.5 Å². The molecule has 8 nitrogen and oxygen atoms in total. The highest BCUT2D eigenvalue weighted by Crippen LogP contribution is 2.33. The van der Waals surface area contributed by atoms with Crippen LogP contribution >= 0.6 is 11.6 Å². The second-order valence-electron chi connectivity index (χ2n) is 4.93. The monoisotopic (exact) mass is 351 g/mol. The van der Waals surface area contributed by atoms with Crippen LogP contribution in [0.1, 0.15) is 0 Å². The molecule has 0 atom stereocenters. The minimum Gasteiger partial charge on any atom is -0.466 e. The molecule has 0 spiro atoms. The number of methoxy groups -OCH3 is 2. The van der Waals surface area contributed by atoms with Crippen LogP contribution in [0.3, 0.4) is 0 Å². The largest absolute Gasteiger partial charge is 0.466 e. The van der Waals surface area contributed by atoms with Gasteiger partial charge in [-0.2, -0.15) is 5.10 Å². The molecule has 1 aromatic heterocycles. The highest BCUT2D eigenvalue weighted by molar-refractivity contribution is 6.34. The first-order valence-corrected chi connectivity index (χ1v) is 7.34. The average molecular weight is 352 g/mol. The summed E-state index contributed by atoms with van der Waals surface area (Å²) in [6.45, 7) is -0.000571. The van der Waals surface area contributed by atoms with E-state index in [1.54, 1.807) is 18.2 Å². The molecule has 0 bridgehead atoms. The molecule has 1 aliphatic heterocycles.